The lowest BCUT2D eigenvalue weighted by molar-refractivity contribution is -0.0311. The van der Waals surface area contributed by atoms with Gasteiger partial charge in [0.15, 0.2) is 0 Å². The second kappa shape index (κ2) is 4.87. The van der Waals surface area contributed by atoms with Gasteiger partial charge in [-0.05, 0) is 64.8 Å². The minimum absolute atomic E-state index is 0.920. The van der Waals surface area contributed by atoms with Gasteiger partial charge in [0.05, 0.1) is 0 Å². The van der Waals surface area contributed by atoms with Gasteiger partial charge in [0, 0.05) is 25.7 Å². The van der Waals surface area contributed by atoms with Gasteiger partial charge in [-0.15, -0.1) is 0 Å². The molecule has 3 fully saturated rings. The molecule has 0 aromatic carbocycles. The summed E-state index contributed by atoms with van der Waals surface area (Å²) in [5.41, 5.74) is 0. The van der Waals surface area contributed by atoms with Crippen LogP contribution in [0.1, 0.15) is 19.3 Å². The number of rotatable bonds is 2. The van der Waals surface area contributed by atoms with Gasteiger partial charge in [-0.2, -0.15) is 0 Å². The molecule has 0 unspecified atom stereocenters. The van der Waals surface area contributed by atoms with Crippen molar-refractivity contribution < 1.29 is 0 Å². The van der Waals surface area contributed by atoms with Crippen molar-refractivity contribution in [3.8, 4) is 0 Å². The zero-order chi connectivity index (χ0) is 11.8. The third kappa shape index (κ3) is 2.51. The van der Waals surface area contributed by atoms with Crippen LogP contribution in [0.5, 0.6) is 0 Å². The van der Waals surface area contributed by atoms with Crippen molar-refractivity contribution in [2.24, 2.45) is 11.8 Å². The summed E-state index contributed by atoms with van der Waals surface area (Å²) in [7, 11) is 4.54. The number of nitrogens with zero attached hydrogens (tertiary/aromatic N) is 3. The predicted molar refractivity (Wildman–Crippen MR) is 71.2 cm³/mol. The lowest BCUT2D eigenvalue weighted by Gasteiger charge is -2.52. The molecule has 3 saturated heterocycles. The molecule has 3 rings (SSSR count). The molecule has 3 nitrogen and oxygen atoms in total. The fraction of sp³-hybridized carbons (Fsp3) is 1.00. The van der Waals surface area contributed by atoms with Crippen molar-refractivity contribution >= 4 is 0 Å². The molecule has 0 bridgehead atoms. The first-order valence-electron chi connectivity index (χ1n) is 7.33. The first-order chi connectivity index (χ1) is 8.22. The molecule has 0 amide bonds. The van der Waals surface area contributed by atoms with Crippen molar-refractivity contribution in [3.05, 3.63) is 0 Å². The third-order valence-electron chi connectivity index (χ3n) is 5.22. The minimum atomic E-state index is 0.920. The molecular weight excluding hydrogens is 210 g/mol. The van der Waals surface area contributed by atoms with Crippen LogP contribution in [-0.4, -0.2) is 74.1 Å². The predicted octanol–water partition coefficient (Wildman–Crippen LogP) is 0.964. The lowest BCUT2D eigenvalue weighted by Crippen LogP contribution is -2.62. The van der Waals surface area contributed by atoms with Gasteiger partial charge in [0.25, 0.3) is 0 Å². The highest BCUT2D eigenvalue weighted by Crippen LogP contribution is 2.31. The molecule has 0 aliphatic carbocycles. The molecule has 17 heavy (non-hydrogen) atoms. The zero-order valence-corrected chi connectivity index (χ0v) is 11.4. The highest BCUT2D eigenvalue weighted by atomic mass is 15.3. The number of likely N-dealkylation sites (tertiary alicyclic amines) is 3. The van der Waals surface area contributed by atoms with E-state index in [0.29, 0.717) is 0 Å². The van der Waals surface area contributed by atoms with Crippen molar-refractivity contribution in [3.63, 3.8) is 0 Å². The molecule has 0 spiro atoms. The van der Waals surface area contributed by atoms with E-state index in [2.05, 4.69) is 28.8 Å². The van der Waals surface area contributed by atoms with Crippen LogP contribution in [0.25, 0.3) is 0 Å². The topological polar surface area (TPSA) is 9.72 Å². The molecule has 3 heteroatoms. The third-order valence-corrected chi connectivity index (χ3v) is 5.22. The fourth-order valence-electron chi connectivity index (χ4n) is 4.00. The van der Waals surface area contributed by atoms with Gasteiger partial charge in [-0.3, -0.25) is 0 Å². The van der Waals surface area contributed by atoms with E-state index < -0.39 is 0 Å². The molecule has 0 aromatic heterocycles. The van der Waals surface area contributed by atoms with Crippen LogP contribution in [-0.2, 0) is 0 Å². The number of piperidine rings is 2. The molecule has 0 saturated carbocycles. The number of fused-ring (bicyclic) bond motifs is 1. The first-order valence-corrected chi connectivity index (χ1v) is 7.33. The summed E-state index contributed by atoms with van der Waals surface area (Å²) in [6, 6.07) is 0.920. The summed E-state index contributed by atoms with van der Waals surface area (Å²) >= 11 is 0. The number of hydrogen-bond donors (Lipinski definition) is 0. The Hall–Kier alpha value is -0.120. The van der Waals surface area contributed by atoms with Gasteiger partial charge in [-0.25, -0.2) is 0 Å². The van der Waals surface area contributed by atoms with Crippen LogP contribution in [0.15, 0.2) is 0 Å². The average Bonchev–Trinajstić information content (AvgIpc) is 2.31. The first kappa shape index (κ1) is 11.9. The van der Waals surface area contributed by atoms with E-state index in [-0.39, 0.29) is 0 Å². The summed E-state index contributed by atoms with van der Waals surface area (Å²) in [4.78, 5) is 7.77. The Bertz CT molecular complexity index is 260. The Morgan fingerprint density at radius 3 is 2.35 bits per heavy atom. The molecule has 0 aromatic rings. The van der Waals surface area contributed by atoms with E-state index in [4.69, 9.17) is 0 Å². The SMILES string of the molecule is CN1CCC(CN2CC[C@@H]3[C@H](C2)CN3C)CC1. The standard InChI is InChI=1S/C14H27N3/c1-15-6-3-12(4-7-15)9-17-8-5-14-13(11-17)10-16(14)2/h12-14H,3-11H2,1-2H3/t13-,14+/m0/s1. The van der Waals surface area contributed by atoms with Crippen LogP contribution in [0.4, 0.5) is 0 Å². The summed E-state index contributed by atoms with van der Waals surface area (Å²) in [5, 5.41) is 0. The summed E-state index contributed by atoms with van der Waals surface area (Å²) < 4.78 is 0. The van der Waals surface area contributed by atoms with E-state index >= 15 is 0 Å². The smallest absolute Gasteiger partial charge is 0.0157 e. The Morgan fingerprint density at radius 2 is 1.71 bits per heavy atom. The second-order valence-corrected chi connectivity index (χ2v) is 6.56. The quantitative estimate of drug-likeness (QED) is 0.708. The molecule has 3 aliphatic rings. The minimum Gasteiger partial charge on any atom is -0.306 e. The van der Waals surface area contributed by atoms with Crippen LogP contribution >= 0.6 is 0 Å². The monoisotopic (exact) mass is 237 g/mol. The van der Waals surface area contributed by atoms with Crippen molar-refractivity contribution in [2.75, 3.05) is 53.4 Å². The Labute approximate surface area is 106 Å². The molecule has 3 aliphatic heterocycles. The van der Waals surface area contributed by atoms with Gasteiger partial charge >= 0.3 is 0 Å². The highest BCUT2D eigenvalue weighted by molar-refractivity contribution is 4.95. The van der Waals surface area contributed by atoms with Crippen LogP contribution in [0, 0.1) is 11.8 Å². The Balaban J connectivity index is 1.44. The summed E-state index contributed by atoms with van der Waals surface area (Å²) in [6.07, 6.45) is 4.25. The van der Waals surface area contributed by atoms with Gasteiger partial charge < -0.3 is 14.7 Å². The fourth-order valence-corrected chi connectivity index (χ4v) is 4.00. The van der Waals surface area contributed by atoms with Gasteiger partial charge in [-0.1, -0.05) is 0 Å². The van der Waals surface area contributed by atoms with Crippen molar-refractivity contribution in [1.29, 1.82) is 0 Å². The highest BCUT2D eigenvalue weighted by Gasteiger charge is 2.40. The van der Waals surface area contributed by atoms with E-state index in [1.54, 1.807) is 0 Å². The maximum atomic E-state index is 2.75. The summed E-state index contributed by atoms with van der Waals surface area (Å²) in [5.74, 6) is 1.96. The van der Waals surface area contributed by atoms with Crippen LogP contribution < -0.4 is 0 Å². The second-order valence-electron chi connectivity index (χ2n) is 6.56. The zero-order valence-electron chi connectivity index (χ0n) is 11.4. The van der Waals surface area contributed by atoms with Crippen molar-refractivity contribution in [2.45, 2.75) is 25.3 Å². The molecule has 3 heterocycles. The van der Waals surface area contributed by atoms with Crippen molar-refractivity contribution in [1.82, 2.24) is 14.7 Å². The molecule has 98 valence electrons. The summed E-state index contributed by atoms with van der Waals surface area (Å²) in [6.45, 7) is 8.06. The largest absolute Gasteiger partial charge is 0.306 e. The van der Waals surface area contributed by atoms with Crippen LogP contribution in [0.3, 0.4) is 0 Å². The Morgan fingerprint density at radius 1 is 0.941 bits per heavy atom. The van der Waals surface area contributed by atoms with E-state index in [1.807, 2.05) is 0 Å². The van der Waals surface area contributed by atoms with E-state index in [9.17, 15) is 0 Å². The maximum Gasteiger partial charge on any atom is 0.0157 e. The van der Waals surface area contributed by atoms with Gasteiger partial charge in [0.1, 0.15) is 0 Å². The normalized spacial score (nSPS) is 37.8. The Kier molecular flexibility index (Phi) is 3.42. The molecular formula is C14H27N3. The lowest BCUT2D eigenvalue weighted by atomic mass is 9.82. The number of hydrogen-bond acceptors (Lipinski definition) is 3. The van der Waals surface area contributed by atoms with E-state index in [0.717, 1.165) is 17.9 Å². The average molecular weight is 237 g/mol. The molecule has 2 atom stereocenters. The van der Waals surface area contributed by atoms with Crippen LogP contribution in [0.2, 0.25) is 0 Å². The molecule has 0 radical (unpaired) electrons. The van der Waals surface area contributed by atoms with E-state index in [1.165, 1.54) is 58.5 Å². The van der Waals surface area contributed by atoms with Gasteiger partial charge in [0.2, 0.25) is 0 Å². The molecule has 0 N–H and O–H groups in total. The maximum absolute atomic E-state index is 2.75.